The molecule has 0 amide bonds. The first-order chi connectivity index (χ1) is 7.75. The van der Waals surface area contributed by atoms with Gasteiger partial charge in [0.15, 0.2) is 0 Å². The molecule has 16 heavy (non-hydrogen) atoms. The van der Waals surface area contributed by atoms with Crippen molar-refractivity contribution in [3.05, 3.63) is 11.6 Å². The molecule has 92 valence electrons. The average molecular weight is 221 g/mol. The molecule has 0 N–H and O–H groups in total. The van der Waals surface area contributed by atoms with Crippen molar-refractivity contribution >= 4 is 0 Å². The maximum atomic E-state index is 2.68. The van der Waals surface area contributed by atoms with E-state index in [1.807, 2.05) is 0 Å². The quantitative estimate of drug-likeness (QED) is 0.652. The van der Waals surface area contributed by atoms with E-state index in [1.165, 1.54) is 63.7 Å². The predicted molar refractivity (Wildman–Crippen MR) is 70.6 cm³/mol. The van der Waals surface area contributed by atoms with Crippen LogP contribution in [0.15, 0.2) is 11.6 Å². The number of hydrogen-bond donors (Lipinski definition) is 0. The van der Waals surface area contributed by atoms with Crippen molar-refractivity contribution in [2.45, 2.75) is 52.4 Å². The van der Waals surface area contributed by atoms with Gasteiger partial charge < -0.3 is 4.90 Å². The summed E-state index contributed by atoms with van der Waals surface area (Å²) in [7, 11) is 0. The van der Waals surface area contributed by atoms with Gasteiger partial charge in [0, 0.05) is 13.1 Å². The Morgan fingerprint density at radius 3 is 2.56 bits per heavy atom. The van der Waals surface area contributed by atoms with E-state index in [4.69, 9.17) is 0 Å². The van der Waals surface area contributed by atoms with E-state index in [1.54, 1.807) is 0 Å². The molecule has 1 aliphatic carbocycles. The molecule has 1 heteroatoms. The lowest BCUT2D eigenvalue weighted by molar-refractivity contribution is 0.293. The Morgan fingerprint density at radius 2 is 1.88 bits per heavy atom. The molecule has 2 fully saturated rings. The topological polar surface area (TPSA) is 3.24 Å². The molecule has 1 atom stereocenters. The highest BCUT2D eigenvalue weighted by atomic mass is 15.1. The second-order valence-electron chi connectivity index (χ2n) is 5.96. The van der Waals surface area contributed by atoms with Gasteiger partial charge in [-0.15, -0.1) is 0 Å². The van der Waals surface area contributed by atoms with Gasteiger partial charge in [-0.25, -0.2) is 0 Å². The number of rotatable bonds is 4. The summed E-state index contributed by atoms with van der Waals surface area (Å²) in [5, 5.41) is 0. The molecule has 1 heterocycles. The van der Waals surface area contributed by atoms with Crippen molar-refractivity contribution < 1.29 is 0 Å². The fourth-order valence-electron chi connectivity index (χ4n) is 3.42. The monoisotopic (exact) mass is 221 g/mol. The number of hydrogen-bond acceptors (Lipinski definition) is 1. The van der Waals surface area contributed by atoms with Crippen LogP contribution in [0.4, 0.5) is 0 Å². The van der Waals surface area contributed by atoms with Crippen LogP contribution in [0.5, 0.6) is 0 Å². The van der Waals surface area contributed by atoms with Crippen LogP contribution in [0.2, 0.25) is 0 Å². The smallest absolute Gasteiger partial charge is 0.00161 e. The zero-order valence-corrected chi connectivity index (χ0v) is 11.0. The van der Waals surface area contributed by atoms with Crippen molar-refractivity contribution in [3.8, 4) is 0 Å². The highest BCUT2D eigenvalue weighted by Crippen LogP contribution is 2.36. The average Bonchev–Trinajstić information content (AvgIpc) is 2.85. The zero-order chi connectivity index (χ0) is 11.4. The van der Waals surface area contributed by atoms with Crippen LogP contribution in [0.25, 0.3) is 0 Å². The Hall–Kier alpha value is -0.300. The largest absolute Gasteiger partial charge is 0.303 e. The van der Waals surface area contributed by atoms with Gasteiger partial charge in [-0.1, -0.05) is 37.3 Å². The summed E-state index contributed by atoms with van der Waals surface area (Å²) >= 11 is 0. The molecule has 1 aliphatic heterocycles. The highest BCUT2D eigenvalue weighted by molar-refractivity contribution is 4.94. The van der Waals surface area contributed by atoms with Crippen LogP contribution in [0.3, 0.4) is 0 Å². The molecule has 0 aromatic carbocycles. The van der Waals surface area contributed by atoms with Gasteiger partial charge in [0.05, 0.1) is 0 Å². The lowest BCUT2D eigenvalue weighted by atomic mass is 9.90. The molecular weight excluding hydrogens is 194 g/mol. The first kappa shape index (κ1) is 12.2. The van der Waals surface area contributed by atoms with Crippen LogP contribution >= 0.6 is 0 Å². The van der Waals surface area contributed by atoms with Crippen LogP contribution in [-0.4, -0.2) is 24.5 Å². The molecule has 1 saturated carbocycles. The first-order valence-electron chi connectivity index (χ1n) is 7.11. The molecular formula is C15H27N. The minimum absolute atomic E-state index is 1.04. The summed E-state index contributed by atoms with van der Waals surface area (Å²) in [5.74, 6) is 2.11. The summed E-state index contributed by atoms with van der Waals surface area (Å²) in [6.07, 6.45) is 11.1. The van der Waals surface area contributed by atoms with Gasteiger partial charge in [-0.05, 0) is 45.1 Å². The summed E-state index contributed by atoms with van der Waals surface area (Å²) < 4.78 is 0. The normalized spacial score (nSPS) is 27.5. The van der Waals surface area contributed by atoms with Gasteiger partial charge in [0.2, 0.25) is 0 Å². The molecule has 0 spiro atoms. The summed E-state index contributed by atoms with van der Waals surface area (Å²) in [6, 6.07) is 0. The Kier molecular flexibility index (Phi) is 4.45. The van der Waals surface area contributed by atoms with Crippen molar-refractivity contribution in [2.24, 2.45) is 11.8 Å². The van der Waals surface area contributed by atoms with Crippen molar-refractivity contribution in [1.82, 2.24) is 4.90 Å². The highest BCUT2D eigenvalue weighted by Gasteiger charge is 2.30. The van der Waals surface area contributed by atoms with Gasteiger partial charge in [-0.3, -0.25) is 0 Å². The number of allylic oxidation sites excluding steroid dienone is 1. The van der Waals surface area contributed by atoms with E-state index in [0.29, 0.717) is 0 Å². The van der Waals surface area contributed by atoms with Gasteiger partial charge in [0.1, 0.15) is 0 Å². The van der Waals surface area contributed by atoms with Crippen molar-refractivity contribution in [1.29, 1.82) is 0 Å². The van der Waals surface area contributed by atoms with E-state index >= 15 is 0 Å². The second-order valence-corrected chi connectivity index (χ2v) is 5.96. The maximum Gasteiger partial charge on any atom is 0.00161 e. The Labute approximate surface area is 101 Å². The minimum Gasteiger partial charge on any atom is -0.303 e. The molecule has 1 saturated heterocycles. The molecule has 0 unspecified atom stereocenters. The van der Waals surface area contributed by atoms with Crippen molar-refractivity contribution in [2.75, 3.05) is 19.6 Å². The summed E-state index contributed by atoms with van der Waals surface area (Å²) in [4.78, 5) is 2.68. The van der Waals surface area contributed by atoms with Gasteiger partial charge in [-0.2, -0.15) is 0 Å². The van der Waals surface area contributed by atoms with E-state index in [0.717, 1.165) is 11.8 Å². The fourth-order valence-corrected chi connectivity index (χ4v) is 3.42. The molecule has 0 aromatic heterocycles. The zero-order valence-electron chi connectivity index (χ0n) is 11.0. The fraction of sp³-hybridized carbons (Fsp3) is 0.867. The third-order valence-electron chi connectivity index (χ3n) is 4.37. The summed E-state index contributed by atoms with van der Waals surface area (Å²) in [6.45, 7) is 8.43. The standard InChI is InChI=1S/C15H27N/c1-13(2)6-5-10-16-11-9-15(12-16)14-7-3-4-8-14/h6,14-15H,3-5,7-12H2,1-2H3/t15-/m1/s1. The maximum absolute atomic E-state index is 2.68. The SMILES string of the molecule is CC(C)=CCCN1CC[C@@H](C2CCCC2)C1. The van der Waals surface area contributed by atoms with E-state index in [9.17, 15) is 0 Å². The lowest BCUT2D eigenvalue weighted by Crippen LogP contribution is -2.23. The van der Waals surface area contributed by atoms with Gasteiger partial charge >= 0.3 is 0 Å². The Bertz CT molecular complexity index is 234. The van der Waals surface area contributed by atoms with E-state index in [-0.39, 0.29) is 0 Å². The molecule has 2 aliphatic rings. The third kappa shape index (κ3) is 3.35. The van der Waals surface area contributed by atoms with Crippen LogP contribution in [-0.2, 0) is 0 Å². The van der Waals surface area contributed by atoms with E-state index < -0.39 is 0 Å². The van der Waals surface area contributed by atoms with Gasteiger partial charge in [0.25, 0.3) is 0 Å². The Morgan fingerprint density at radius 1 is 1.12 bits per heavy atom. The molecule has 0 radical (unpaired) electrons. The Balaban J connectivity index is 1.69. The lowest BCUT2D eigenvalue weighted by Gasteiger charge is -2.19. The molecule has 2 rings (SSSR count). The van der Waals surface area contributed by atoms with Crippen LogP contribution in [0, 0.1) is 11.8 Å². The molecule has 0 aromatic rings. The van der Waals surface area contributed by atoms with Crippen LogP contribution in [0.1, 0.15) is 52.4 Å². The first-order valence-corrected chi connectivity index (χ1v) is 7.11. The predicted octanol–water partition coefficient (Wildman–Crippen LogP) is 3.85. The molecule has 1 nitrogen and oxygen atoms in total. The van der Waals surface area contributed by atoms with Crippen molar-refractivity contribution in [3.63, 3.8) is 0 Å². The number of nitrogens with zero attached hydrogens (tertiary/aromatic N) is 1. The van der Waals surface area contributed by atoms with Crippen LogP contribution < -0.4 is 0 Å². The number of likely N-dealkylation sites (tertiary alicyclic amines) is 1. The minimum atomic E-state index is 1.04. The third-order valence-corrected chi connectivity index (χ3v) is 4.37. The van der Waals surface area contributed by atoms with E-state index in [2.05, 4.69) is 24.8 Å². The second kappa shape index (κ2) is 5.86. The summed E-state index contributed by atoms with van der Waals surface area (Å²) in [5.41, 5.74) is 1.46. The molecule has 0 bridgehead atoms.